The Morgan fingerprint density at radius 1 is 1.41 bits per heavy atom. The predicted molar refractivity (Wildman–Crippen MR) is 69.4 cm³/mol. The summed E-state index contributed by atoms with van der Waals surface area (Å²) in [5.41, 5.74) is 0.924. The third-order valence-electron chi connectivity index (χ3n) is 3.72. The zero-order chi connectivity index (χ0) is 12.3. The fourth-order valence-corrected chi connectivity index (χ4v) is 2.69. The molecule has 0 aliphatic heterocycles. The molecule has 1 atom stereocenters. The molecule has 0 heterocycles. The summed E-state index contributed by atoms with van der Waals surface area (Å²) < 4.78 is 5.52. The highest BCUT2D eigenvalue weighted by Crippen LogP contribution is 2.39. The summed E-state index contributed by atoms with van der Waals surface area (Å²) in [4.78, 5) is 0. The SMILES string of the molecule is COC1(CC(O)Cc2ccccc2Cl)CCC1. The molecule has 1 saturated carbocycles. The lowest BCUT2D eigenvalue weighted by Gasteiger charge is -2.41. The number of aliphatic hydroxyl groups excluding tert-OH is 1. The van der Waals surface area contributed by atoms with Crippen LogP contribution in [-0.4, -0.2) is 23.9 Å². The average Bonchev–Trinajstić information content (AvgIpc) is 2.27. The molecule has 1 aliphatic rings. The van der Waals surface area contributed by atoms with Crippen LogP contribution >= 0.6 is 11.6 Å². The van der Waals surface area contributed by atoms with E-state index >= 15 is 0 Å². The minimum atomic E-state index is -0.379. The highest BCUT2D eigenvalue weighted by molar-refractivity contribution is 6.31. The second kappa shape index (κ2) is 5.38. The van der Waals surface area contributed by atoms with Gasteiger partial charge in [0.15, 0.2) is 0 Å². The lowest BCUT2D eigenvalue weighted by Crippen LogP contribution is -2.42. The Bertz CT molecular complexity index is 369. The predicted octanol–water partition coefficient (Wildman–Crippen LogP) is 3.20. The summed E-state index contributed by atoms with van der Waals surface area (Å²) in [5.74, 6) is 0. The molecule has 3 heteroatoms. The van der Waals surface area contributed by atoms with E-state index in [2.05, 4.69) is 0 Å². The molecule has 1 aromatic rings. The van der Waals surface area contributed by atoms with Gasteiger partial charge in [0.1, 0.15) is 0 Å². The zero-order valence-corrected chi connectivity index (χ0v) is 10.9. The average molecular weight is 255 g/mol. The van der Waals surface area contributed by atoms with Gasteiger partial charge >= 0.3 is 0 Å². The quantitative estimate of drug-likeness (QED) is 0.874. The van der Waals surface area contributed by atoms with Gasteiger partial charge in [0, 0.05) is 18.6 Å². The highest BCUT2D eigenvalue weighted by atomic mass is 35.5. The number of hydrogen-bond acceptors (Lipinski definition) is 2. The van der Waals surface area contributed by atoms with Gasteiger partial charge in [0.25, 0.3) is 0 Å². The number of halogens is 1. The fourth-order valence-electron chi connectivity index (χ4n) is 2.48. The molecular formula is C14H19ClO2. The molecule has 2 nitrogen and oxygen atoms in total. The van der Waals surface area contributed by atoms with Crippen LogP contribution in [0, 0.1) is 0 Å². The Balaban J connectivity index is 1.93. The minimum Gasteiger partial charge on any atom is -0.393 e. The number of hydrogen-bond donors (Lipinski definition) is 1. The summed E-state index contributed by atoms with van der Waals surface area (Å²) in [6, 6.07) is 7.68. The van der Waals surface area contributed by atoms with Gasteiger partial charge in [0.2, 0.25) is 0 Å². The normalized spacial score (nSPS) is 19.7. The van der Waals surface area contributed by atoms with Crippen molar-refractivity contribution in [2.24, 2.45) is 0 Å². The van der Waals surface area contributed by atoms with E-state index in [0.717, 1.165) is 23.4 Å². The molecule has 0 spiro atoms. The summed E-state index contributed by atoms with van der Waals surface area (Å²) in [7, 11) is 1.74. The molecular weight excluding hydrogens is 236 g/mol. The van der Waals surface area contributed by atoms with Crippen LogP contribution in [0.4, 0.5) is 0 Å². The standard InChI is InChI=1S/C14H19ClO2/c1-17-14(7-4-8-14)10-12(16)9-11-5-2-3-6-13(11)15/h2-3,5-6,12,16H,4,7-10H2,1H3. The van der Waals surface area contributed by atoms with Crippen molar-refractivity contribution in [3.8, 4) is 0 Å². The first-order valence-corrected chi connectivity index (χ1v) is 6.50. The van der Waals surface area contributed by atoms with Crippen molar-refractivity contribution in [3.05, 3.63) is 34.9 Å². The van der Waals surface area contributed by atoms with E-state index in [1.54, 1.807) is 7.11 Å². The van der Waals surface area contributed by atoms with Crippen LogP contribution in [0.1, 0.15) is 31.2 Å². The van der Waals surface area contributed by atoms with Gasteiger partial charge in [0.05, 0.1) is 11.7 Å². The molecule has 1 aromatic carbocycles. The Kier molecular flexibility index (Phi) is 4.08. The number of benzene rings is 1. The van der Waals surface area contributed by atoms with Crippen LogP contribution in [-0.2, 0) is 11.2 Å². The molecule has 1 N–H and O–H groups in total. The first-order chi connectivity index (χ1) is 8.15. The molecule has 0 amide bonds. The Morgan fingerprint density at radius 3 is 2.65 bits per heavy atom. The first-order valence-electron chi connectivity index (χ1n) is 6.12. The third-order valence-corrected chi connectivity index (χ3v) is 4.09. The smallest absolute Gasteiger partial charge is 0.0703 e. The van der Waals surface area contributed by atoms with Crippen molar-refractivity contribution in [2.75, 3.05) is 7.11 Å². The van der Waals surface area contributed by atoms with Gasteiger partial charge < -0.3 is 9.84 Å². The summed E-state index contributed by atoms with van der Waals surface area (Å²) in [6.07, 6.45) is 4.24. The topological polar surface area (TPSA) is 29.5 Å². The van der Waals surface area contributed by atoms with Crippen LogP contribution in [0.3, 0.4) is 0 Å². The Labute approximate surface area is 108 Å². The van der Waals surface area contributed by atoms with E-state index in [4.69, 9.17) is 16.3 Å². The number of aliphatic hydroxyl groups is 1. The van der Waals surface area contributed by atoms with E-state index in [0.29, 0.717) is 12.8 Å². The number of methoxy groups -OCH3 is 1. The van der Waals surface area contributed by atoms with Gasteiger partial charge in [-0.1, -0.05) is 29.8 Å². The second-order valence-electron chi connectivity index (χ2n) is 4.89. The van der Waals surface area contributed by atoms with Gasteiger partial charge in [-0.15, -0.1) is 0 Å². The van der Waals surface area contributed by atoms with Crippen molar-refractivity contribution in [3.63, 3.8) is 0 Å². The maximum Gasteiger partial charge on any atom is 0.0703 e. The van der Waals surface area contributed by atoms with E-state index in [-0.39, 0.29) is 11.7 Å². The van der Waals surface area contributed by atoms with Crippen molar-refractivity contribution >= 4 is 11.6 Å². The first kappa shape index (κ1) is 12.9. The lowest BCUT2D eigenvalue weighted by atomic mass is 9.75. The second-order valence-corrected chi connectivity index (χ2v) is 5.30. The van der Waals surface area contributed by atoms with Crippen molar-refractivity contribution < 1.29 is 9.84 Å². The van der Waals surface area contributed by atoms with Gasteiger partial charge in [-0.25, -0.2) is 0 Å². The molecule has 1 unspecified atom stereocenters. The maximum absolute atomic E-state index is 10.1. The molecule has 0 bridgehead atoms. The van der Waals surface area contributed by atoms with E-state index < -0.39 is 0 Å². The lowest BCUT2D eigenvalue weighted by molar-refractivity contribution is -0.0989. The molecule has 0 radical (unpaired) electrons. The van der Waals surface area contributed by atoms with Crippen LogP contribution in [0.15, 0.2) is 24.3 Å². The van der Waals surface area contributed by atoms with Crippen molar-refractivity contribution in [1.82, 2.24) is 0 Å². The molecule has 1 fully saturated rings. The van der Waals surface area contributed by atoms with Crippen molar-refractivity contribution in [1.29, 1.82) is 0 Å². The summed E-state index contributed by atoms with van der Waals surface area (Å²) in [5, 5.41) is 10.8. The Morgan fingerprint density at radius 2 is 2.12 bits per heavy atom. The largest absolute Gasteiger partial charge is 0.393 e. The maximum atomic E-state index is 10.1. The van der Waals surface area contributed by atoms with Gasteiger partial charge in [-0.2, -0.15) is 0 Å². The summed E-state index contributed by atoms with van der Waals surface area (Å²) >= 11 is 6.08. The Hall–Kier alpha value is -0.570. The number of rotatable bonds is 5. The van der Waals surface area contributed by atoms with Crippen LogP contribution < -0.4 is 0 Å². The van der Waals surface area contributed by atoms with Crippen LogP contribution in [0.25, 0.3) is 0 Å². The molecule has 0 aromatic heterocycles. The molecule has 94 valence electrons. The summed E-state index contributed by atoms with van der Waals surface area (Å²) in [6.45, 7) is 0. The third kappa shape index (κ3) is 3.01. The van der Waals surface area contributed by atoms with Gasteiger partial charge in [-0.05, 0) is 37.3 Å². The molecule has 17 heavy (non-hydrogen) atoms. The van der Waals surface area contributed by atoms with Gasteiger partial charge in [-0.3, -0.25) is 0 Å². The molecule has 1 aliphatic carbocycles. The number of ether oxygens (including phenoxy) is 1. The van der Waals surface area contributed by atoms with Crippen LogP contribution in [0.2, 0.25) is 5.02 Å². The monoisotopic (exact) mass is 254 g/mol. The molecule has 0 saturated heterocycles. The fraction of sp³-hybridized carbons (Fsp3) is 0.571. The molecule has 2 rings (SSSR count). The van der Waals surface area contributed by atoms with E-state index in [9.17, 15) is 5.11 Å². The van der Waals surface area contributed by atoms with E-state index in [1.807, 2.05) is 24.3 Å². The zero-order valence-electron chi connectivity index (χ0n) is 10.2. The van der Waals surface area contributed by atoms with Crippen LogP contribution in [0.5, 0.6) is 0 Å². The minimum absolute atomic E-state index is 0.0827. The highest BCUT2D eigenvalue weighted by Gasteiger charge is 2.38. The van der Waals surface area contributed by atoms with E-state index in [1.165, 1.54) is 6.42 Å². The van der Waals surface area contributed by atoms with Crippen molar-refractivity contribution in [2.45, 2.75) is 43.8 Å².